The van der Waals surface area contributed by atoms with Crippen LogP contribution in [0.2, 0.25) is 0 Å². The number of aliphatic hydroxyl groups is 1. The maximum atomic E-state index is 12.1. The number of carbonyl (C=O) groups is 1. The number of nitrogens with one attached hydrogen (secondary N) is 2. The summed E-state index contributed by atoms with van der Waals surface area (Å²) in [6.07, 6.45) is 9.45. The number of amides is 1. The van der Waals surface area contributed by atoms with Crippen molar-refractivity contribution in [2.45, 2.75) is 65.0 Å². The third kappa shape index (κ3) is 10.5. The number of hydrogen-bond acceptors (Lipinski definition) is 6. The fraction of sp³-hybridized carbons (Fsp3) is 0.684. The standard InChI is InChI=1S/C19H33N3O3S/c1-5-6-7-8-9-10-11-20-17(24)16-13-21-18(26-16)25-14-15(23)12-22-19(2,3)4/h8-9,13,15,22-23H,5-7,10-12,14H2,1-4H3,(H,20,24)/b9-8+. The number of allylic oxidation sites excluding steroid dienone is 1. The Morgan fingerprint density at radius 3 is 2.81 bits per heavy atom. The van der Waals surface area contributed by atoms with Crippen LogP contribution < -0.4 is 15.4 Å². The van der Waals surface area contributed by atoms with Crippen LogP contribution in [0, 0.1) is 0 Å². The smallest absolute Gasteiger partial charge is 0.273 e. The van der Waals surface area contributed by atoms with E-state index in [-0.39, 0.29) is 18.1 Å². The predicted octanol–water partition coefficient (Wildman–Crippen LogP) is 3.14. The zero-order valence-electron chi connectivity index (χ0n) is 16.4. The highest BCUT2D eigenvalue weighted by atomic mass is 32.1. The predicted molar refractivity (Wildman–Crippen MR) is 107 cm³/mol. The molecule has 3 N–H and O–H groups in total. The number of carbonyl (C=O) groups excluding carboxylic acids is 1. The molecule has 0 saturated carbocycles. The quantitative estimate of drug-likeness (QED) is 0.381. The number of nitrogens with zero attached hydrogens (tertiary/aromatic N) is 1. The monoisotopic (exact) mass is 383 g/mol. The van der Waals surface area contributed by atoms with Crippen LogP contribution in [0.5, 0.6) is 5.19 Å². The van der Waals surface area contributed by atoms with Crippen molar-refractivity contribution in [3.63, 3.8) is 0 Å². The summed E-state index contributed by atoms with van der Waals surface area (Å²) in [6, 6.07) is 0. The lowest BCUT2D eigenvalue weighted by Crippen LogP contribution is -2.42. The second kappa shape index (κ2) is 12.0. The molecule has 0 saturated heterocycles. The summed E-state index contributed by atoms with van der Waals surface area (Å²) in [6.45, 7) is 9.46. The van der Waals surface area contributed by atoms with E-state index in [4.69, 9.17) is 4.74 Å². The highest BCUT2D eigenvalue weighted by molar-refractivity contribution is 7.15. The second-order valence-corrected chi connectivity index (χ2v) is 8.24. The lowest BCUT2D eigenvalue weighted by Gasteiger charge is -2.22. The van der Waals surface area contributed by atoms with Gasteiger partial charge < -0.3 is 20.5 Å². The molecule has 0 radical (unpaired) electrons. The average molecular weight is 384 g/mol. The molecule has 0 fully saturated rings. The minimum Gasteiger partial charge on any atom is -0.467 e. The summed E-state index contributed by atoms with van der Waals surface area (Å²) in [7, 11) is 0. The number of thiazole rings is 1. The molecule has 0 aliphatic rings. The van der Waals surface area contributed by atoms with Gasteiger partial charge in [0.1, 0.15) is 17.6 Å². The van der Waals surface area contributed by atoms with Crippen molar-refractivity contribution >= 4 is 17.2 Å². The highest BCUT2D eigenvalue weighted by Gasteiger charge is 2.14. The van der Waals surface area contributed by atoms with E-state index in [9.17, 15) is 9.90 Å². The van der Waals surface area contributed by atoms with E-state index < -0.39 is 6.10 Å². The Morgan fingerprint density at radius 1 is 1.38 bits per heavy atom. The molecule has 1 atom stereocenters. The van der Waals surface area contributed by atoms with Crippen LogP contribution in [0.15, 0.2) is 18.3 Å². The Labute approximate surface area is 161 Å². The fourth-order valence-electron chi connectivity index (χ4n) is 1.99. The van der Waals surface area contributed by atoms with Gasteiger partial charge in [-0.05, 0) is 33.6 Å². The number of rotatable bonds is 12. The topological polar surface area (TPSA) is 83.5 Å². The van der Waals surface area contributed by atoms with Crippen LogP contribution in [0.1, 0.15) is 63.0 Å². The third-order valence-electron chi connectivity index (χ3n) is 3.46. The van der Waals surface area contributed by atoms with Crippen molar-refractivity contribution in [2.24, 2.45) is 0 Å². The van der Waals surface area contributed by atoms with Crippen molar-refractivity contribution in [3.8, 4) is 5.19 Å². The number of unbranched alkanes of at least 4 members (excludes halogenated alkanes) is 2. The molecular formula is C19H33N3O3S. The average Bonchev–Trinajstić information content (AvgIpc) is 3.05. The van der Waals surface area contributed by atoms with Gasteiger partial charge in [0.25, 0.3) is 11.1 Å². The zero-order chi connectivity index (χ0) is 19.4. The minimum absolute atomic E-state index is 0.0569. The first-order valence-corrected chi connectivity index (χ1v) is 10.1. The molecule has 1 amide bonds. The summed E-state index contributed by atoms with van der Waals surface area (Å²) in [4.78, 5) is 16.7. The number of β-amino-alcohol motifs (C(OH)–C–C–N with tert-alkyl or cyclic N) is 1. The first kappa shape index (κ1) is 22.6. The Balaban J connectivity index is 2.26. The van der Waals surface area contributed by atoms with E-state index in [1.807, 2.05) is 20.8 Å². The summed E-state index contributed by atoms with van der Waals surface area (Å²) >= 11 is 1.19. The van der Waals surface area contributed by atoms with Gasteiger partial charge in [-0.2, -0.15) is 0 Å². The van der Waals surface area contributed by atoms with E-state index in [1.54, 1.807) is 0 Å². The van der Waals surface area contributed by atoms with Crippen molar-refractivity contribution < 1.29 is 14.6 Å². The molecule has 0 spiro atoms. The first-order chi connectivity index (χ1) is 12.3. The maximum absolute atomic E-state index is 12.1. The summed E-state index contributed by atoms with van der Waals surface area (Å²) in [5.41, 5.74) is -0.0569. The molecule has 0 aliphatic carbocycles. The van der Waals surface area contributed by atoms with Crippen LogP contribution in [-0.4, -0.2) is 47.3 Å². The van der Waals surface area contributed by atoms with Crippen LogP contribution in [0.4, 0.5) is 0 Å². The van der Waals surface area contributed by atoms with Gasteiger partial charge in [-0.25, -0.2) is 4.98 Å². The molecule has 1 unspecified atom stereocenters. The van der Waals surface area contributed by atoms with Crippen molar-refractivity contribution in [2.75, 3.05) is 19.7 Å². The largest absolute Gasteiger partial charge is 0.467 e. The van der Waals surface area contributed by atoms with E-state index in [0.717, 1.165) is 12.8 Å². The molecule has 6 nitrogen and oxygen atoms in total. The summed E-state index contributed by atoms with van der Waals surface area (Å²) in [5.74, 6) is -0.144. The van der Waals surface area contributed by atoms with Gasteiger partial charge in [-0.15, -0.1) is 0 Å². The molecule has 26 heavy (non-hydrogen) atoms. The number of aromatic nitrogens is 1. The van der Waals surface area contributed by atoms with Crippen LogP contribution in [-0.2, 0) is 0 Å². The summed E-state index contributed by atoms with van der Waals surface area (Å²) in [5, 5.41) is 16.4. The van der Waals surface area contributed by atoms with E-state index in [1.165, 1.54) is 30.4 Å². The van der Waals surface area contributed by atoms with Gasteiger partial charge in [0.2, 0.25) is 0 Å². The molecule has 0 aromatic carbocycles. The molecule has 1 aromatic rings. The Morgan fingerprint density at radius 2 is 2.12 bits per heavy atom. The van der Waals surface area contributed by atoms with Gasteiger partial charge in [0.15, 0.2) is 0 Å². The van der Waals surface area contributed by atoms with Gasteiger partial charge in [-0.1, -0.05) is 43.3 Å². The second-order valence-electron chi connectivity index (χ2n) is 7.24. The van der Waals surface area contributed by atoms with Crippen LogP contribution in [0.3, 0.4) is 0 Å². The molecular weight excluding hydrogens is 350 g/mol. The SMILES string of the molecule is CCCC/C=C/CCNC(=O)c1cnc(OCC(O)CNC(C)(C)C)s1. The first-order valence-electron chi connectivity index (χ1n) is 9.26. The number of hydrogen-bond donors (Lipinski definition) is 3. The van der Waals surface area contributed by atoms with Crippen molar-refractivity contribution in [1.29, 1.82) is 0 Å². The fourth-order valence-corrected chi connectivity index (χ4v) is 2.68. The Kier molecular flexibility index (Phi) is 10.5. The molecule has 7 heteroatoms. The Bertz CT molecular complexity index is 552. The van der Waals surface area contributed by atoms with Crippen LogP contribution >= 0.6 is 11.3 Å². The number of aliphatic hydroxyl groups excluding tert-OH is 1. The zero-order valence-corrected chi connectivity index (χ0v) is 17.2. The van der Waals surface area contributed by atoms with Crippen LogP contribution in [0.25, 0.3) is 0 Å². The molecule has 0 aliphatic heterocycles. The maximum Gasteiger partial charge on any atom is 0.273 e. The number of ether oxygens (including phenoxy) is 1. The van der Waals surface area contributed by atoms with E-state index in [0.29, 0.717) is 23.2 Å². The lowest BCUT2D eigenvalue weighted by atomic mass is 10.1. The molecule has 1 heterocycles. The van der Waals surface area contributed by atoms with Crippen molar-refractivity contribution in [3.05, 3.63) is 23.2 Å². The molecule has 0 bridgehead atoms. The normalized spacial score (nSPS) is 13.1. The van der Waals surface area contributed by atoms with E-state index >= 15 is 0 Å². The molecule has 1 aromatic heterocycles. The van der Waals surface area contributed by atoms with Gasteiger partial charge in [0.05, 0.1) is 6.20 Å². The summed E-state index contributed by atoms with van der Waals surface area (Å²) < 4.78 is 5.47. The van der Waals surface area contributed by atoms with Crippen molar-refractivity contribution in [1.82, 2.24) is 15.6 Å². The van der Waals surface area contributed by atoms with Gasteiger partial charge in [0, 0.05) is 18.6 Å². The highest BCUT2D eigenvalue weighted by Crippen LogP contribution is 2.20. The Hall–Kier alpha value is -1.44. The van der Waals surface area contributed by atoms with Gasteiger partial charge >= 0.3 is 0 Å². The minimum atomic E-state index is -0.630. The lowest BCUT2D eigenvalue weighted by molar-refractivity contribution is 0.0958. The molecule has 1 rings (SSSR count). The van der Waals surface area contributed by atoms with Gasteiger partial charge in [-0.3, -0.25) is 4.79 Å². The molecule has 148 valence electrons. The van der Waals surface area contributed by atoms with E-state index in [2.05, 4.69) is 34.7 Å². The third-order valence-corrected chi connectivity index (χ3v) is 4.37.